The average molecular weight is 138 g/mol. The van der Waals surface area contributed by atoms with Crippen LogP contribution in [0.5, 0.6) is 0 Å². The van der Waals surface area contributed by atoms with Crippen molar-refractivity contribution in [3.8, 4) is 0 Å². The van der Waals surface area contributed by atoms with Gasteiger partial charge < -0.3 is 10.1 Å². The molecule has 0 bridgehead atoms. The fourth-order valence-electron chi connectivity index (χ4n) is 0.405. The highest BCUT2D eigenvalue weighted by molar-refractivity contribution is 4.78. The number of alkyl halides is 3. The van der Waals surface area contributed by atoms with E-state index >= 15 is 0 Å². The average Bonchev–Trinajstić information content (AvgIpc) is 2.08. The normalized spacial score (nSPS) is 25.4. The number of rotatable bonds is 0. The van der Waals surface area contributed by atoms with Crippen molar-refractivity contribution in [1.29, 1.82) is 0 Å². The summed E-state index contributed by atoms with van der Waals surface area (Å²) in [6, 6.07) is 0. The Morgan fingerprint density at radius 2 is 2.22 bits per heavy atom. The maximum Gasteiger partial charge on any atom is 0.445 e. The molecule has 0 saturated heterocycles. The quantitative estimate of drug-likeness (QED) is 0.533. The predicted octanol–water partition coefficient (Wildman–Crippen LogP) is 0.769. The van der Waals surface area contributed by atoms with Crippen molar-refractivity contribution in [2.24, 2.45) is 0 Å². The lowest BCUT2D eigenvalue weighted by atomic mass is 10.6. The zero-order valence-corrected chi connectivity index (χ0v) is 4.20. The third-order valence-corrected chi connectivity index (χ3v) is 0.775. The molecule has 1 aliphatic rings. The van der Waals surface area contributed by atoms with Crippen LogP contribution in [0.15, 0.2) is 6.26 Å². The van der Waals surface area contributed by atoms with E-state index in [0.717, 1.165) is 6.26 Å². The van der Waals surface area contributed by atoms with Crippen molar-refractivity contribution in [3.63, 3.8) is 0 Å². The summed E-state index contributed by atoms with van der Waals surface area (Å²) in [6.45, 7) is 0. The number of nitrogens with one attached hydrogen (secondary N) is 1. The van der Waals surface area contributed by atoms with E-state index in [-0.39, 0.29) is 0 Å². The molecule has 1 atom stereocenters. The highest BCUT2D eigenvalue weighted by atomic mass is 19.4. The van der Waals surface area contributed by atoms with Gasteiger partial charge in [0, 0.05) is 0 Å². The van der Waals surface area contributed by atoms with Gasteiger partial charge in [0.05, 0.1) is 6.20 Å². The van der Waals surface area contributed by atoms with E-state index in [1.54, 1.807) is 0 Å². The van der Waals surface area contributed by atoms with Crippen molar-refractivity contribution in [2.75, 3.05) is 0 Å². The Morgan fingerprint density at radius 3 is 2.44 bits per heavy atom. The predicted molar refractivity (Wildman–Crippen MR) is 21.9 cm³/mol. The molecule has 0 fully saturated rings. The first-order valence-electron chi connectivity index (χ1n) is 2.15. The molecule has 0 spiro atoms. The van der Waals surface area contributed by atoms with Crippen LogP contribution in [0.2, 0.25) is 0 Å². The van der Waals surface area contributed by atoms with Crippen LogP contribution in [0, 0.1) is 6.20 Å². The fourth-order valence-corrected chi connectivity index (χ4v) is 0.405. The van der Waals surface area contributed by atoms with Gasteiger partial charge in [0.25, 0.3) is 6.23 Å². The molecular weight excluding hydrogens is 135 g/mol. The van der Waals surface area contributed by atoms with Gasteiger partial charge in [-0.15, -0.1) is 0 Å². The minimum Gasteiger partial charge on any atom is -0.466 e. The van der Waals surface area contributed by atoms with Gasteiger partial charge in [-0.2, -0.15) is 13.2 Å². The van der Waals surface area contributed by atoms with E-state index in [1.165, 1.54) is 0 Å². The smallest absolute Gasteiger partial charge is 0.445 e. The summed E-state index contributed by atoms with van der Waals surface area (Å²) in [7, 11) is 0. The first-order chi connectivity index (χ1) is 4.11. The molecule has 5 heteroatoms. The Hall–Kier alpha value is -0.870. The molecule has 9 heavy (non-hydrogen) atoms. The van der Waals surface area contributed by atoms with Crippen LogP contribution < -0.4 is 5.32 Å². The topological polar surface area (TPSA) is 21.3 Å². The van der Waals surface area contributed by atoms with Gasteiger partial charge >= 0.3 is 6.18 Å². The van der Waals surface area contributed by atoms with Crippen molar-refractivity contribution in [3.05, 3.63) is 12.5 Å². The lowest BCUT2D eigenvalue weighted by Crippen LogP contribution is -2.37. The van der Waals surface area contributed by atoms with Gasteiger partial charge in [0.1, 0.15) is 6.26 Å². The number of halogens is 3. The third-order valence-electron chi connectivity index (χ3n) is 0.775. The van der Waals surface area contributed by atoms with E-state index in [2.05, 4.69) is 10.9 Å². The summed E-state index contributed by atoms with van der Waals surface area (Å²) >= 11 is 0. The lowest BCUT2D eigenvalue weighted by molar-refractivity contribution is -0.206. The third kappa shape index (κ3) is 1.28. The second kappa shape index (κ2) is 1.82. The molecule has 0 aliphatic carbocycles. The summed E-state index contributed by atoms with van der Waals surface area (Å²) in [5.74, 6) is 0. The summed E-state index contributed by atoms with van der Waals surface area (Å²) < 4.78 is 38.6. The van der Waals surface area contributed by atoms with E-state index in [1.807, 2.05) is 5.32 Å². The van der Waals surface area contributed by atoms with Gasteiger partial charge in [-0.1, -0.05) is 0 Å². The Kier molecular flexibility index (Phi) is 1.27. The number of ether oxygens (including phenoxy) is 1. The summed E-state index contributed by atoms with van der Waals surface area (Å²) in [6.07, 6.45) is -3.35. The molecule has 2 nitrogen and oxygen atoms in total. The van der Waals surface area contributed by atoms with Gasteiger partial charge in [0.15, 0.2) is 0 Å². The maximum absolute atomic E-state index is 11.5. The van der Waals surface area contributed by atoms with Crippen LogP contribution in [-0.4, -0.2) is 12.4 Å². The van der Waals surface area contributed by atoms with Gasteiger partial charge in [-0.25, -0.2) is 0 Å². The van der Waals surface area contributed by atoms with Crippen LogP contribution in [0.3, 0.4) is 0 Å². The second-order valence-electron chi connectivity index (χ2n) is 1.46. The fraction of sp³-hybridized carbons (Fsp3) is 0.500. The van der Waals surface area contributed by atoms with E-state index in [4.69, 9.17) is 0 Å². The number of hydrogen-bond acceptors (Lipinski definition) is 2. The Bertz CT molecular complexity index is 122. The van der Waals surface area contributed by atoms with Crippen molar-refractivity contribution < 1.29 is 17.9 Å². The van der Waals surface area contributed by atoms with Gasteiger partial charge in [-0.05, 0) is 0 Å². The van der Waals surface area contributed by atoms with Gasteiger partial charge in [-0.3, -0.25) is 0 Å². The summed E-state index contributed by atoms with van der Waals surface area (Å²) in [5.41, 5.74) is 0. The Labute approximate surface area is 49.3 Å². The molecule has 0 aromatic rings. The van der Waals surface area contributed by atoms with Crippen LogP contribution in [0.25, 0.3) is 0 Å². The van der Waals surface area contributed by atoms with Gasteiger partial charge in [0.2, 0.25) is 0 Å². The first kappa shape index (κ1) is 6.25. The molecule has 1 aliphatic heterocycles. The molecule has 1 unspecified atom stereocenters. The molecule has 0 saturated carbocycles. The van der Waals surface area contributed by atoms with Crippen molar-refractivity contribution >= 4 is 0 Å². The van der Waals surface area contributed by atoms with Crippen molar-refractivity contribution in [2.45, 2.75) is 12.4 Å². The van der Waals surface area contributed by atoms with E-state index in [9.17, 15) is 13.2 Å². The molecule has 1 rings (SSSR count). The standard InChI is InChI=1S/C4H3F3NO/c5-4(6,7)3-8-1-2-9-3/h2-3,8H. The highest BCUT2D eigenvalue weighted by Crippen LogP contribution is 2.22. The maximum atomic E-state index is 11.5. The van der Waals surface area contributed by atoms with E-state index < -0.39 is 12.4 Å². The van der Waals surface area contributed by atoms with Crippen LogP contribution in [-0.2, 0) is 4.74 Å². The molecular formula is C4H3F3NO. The summed E-state index contributed by atoms with van der Waals surface area (Å²) in [4.78, 5) is 0. The lowest BCUT2D eigenvalue weighted by Gasteiger charge is -2.13. The zero-order chi connectivity index (χ0) is 6.91. The molecule has 51 valence electrons. The minimum absolute atomic E-state index is 0.845. The minimum atomic E-state index is -4.35. The highest BCUT2D eigenvalue weighted by Gasteiger charge is 2.42. The Balaban J connectivity index is 2.46. The van der Waals surface area contributed by atoms with Crippen LogP contribution in [0.1, 0.15) is 0 Å². The SMILES string of the molecule is FC(F)(F)C1N[C]=CO1. The first-order valence-corrected chi connectivity index (χ1v) is 2.15. The zero-order valence-electron chi connectivity index (χ0n) is 4.20. The molecule has 0 aromatic heterocycles. The molecule has 1 heterocycles. The molecule has 1 N–H and O–H groups in total. The monoisotopic (exact) mass is 138 g/mol. The second-order valence-corrected chi connectivity index (χ2v) is 1.46. The molecule has 0 amide bonds. The van der Waals surface area contributed by atoms with Crippen LogP contribution >= 0.6 is 0 Å². The number of hydrogen-bond donors (Lipinski definition) is 1. The Morgan fingerprint density at radius 1 is 1.56 bits per heavy atom. The largest absolute Gasteiger partial charge is 0.466 e. The van der Waals surface area contributed by atoms with Crippen molar-refractivity contribution in [1.82, 2.24) is 5.32 Å². The van der Waals surface area contributed by atoms with E-state index in [0.29, 0.717) is 0 Å². The summed E-state index contributed by atoms with van der Waals surface area (Å²) in [5, 5.41) is 1.84. The molecule has 0 aromatic carbocycles. The van der Waals surface area contributed by atoms with Crippen LogP contribution in [0.4, 0.5) is 13.2 Å². The molecule has 1 radical (unpaired) electrons.